The molecule has 0 aliphatic heterocycles. The second kappa shape index (κ2) is 6.91. The molecule has 1 rings (SSSR count). The average molecular weight is 237 g/mol. The molecule has 17 heavy (non-hydrogen) atoms. The zero-order valence-corrected chi connectivity index (χ0v) is 10.0. The molecule has 0 bridgehead atoms. The summed E-state index contributed by atoms with van der Waals surface area (Å²) < 4.78 is 0. The maximum absolute atomic E-state index is 11.5. The molecule has 0 radical (unpaired) electrons. The van der Waals surface area contributed by atoms with E-state index in [0.717, 1.165) is 5.56 Å². The molecule has 1 atom stereocenters. The Labute approximate surface area is 101 Å². The summed E-state index contributed by atoms with van der Waals surface area (Å²) in [6, 6.07) is 6.72. The first-order chi connectivity index (χ1) is 8.13. The van der Waals surface area contributed by atoms with Crippen LogP contribution in [0.5, 0.6) is 5.75 Å². The van der Waals surface area contributed by atoms with Crippen LogP contribution in [-0.4, -0.2) is 22.7 Å². The Morgan fingerprint density at radius 3 is 2.82 bits per heavy atom. The number of aliphatic hydroxyl groups is 1. The number of aromatic hydroxyl groups is 1. The molecule has 0 aliphatic rings. The van der Waals surface area contributed by atoms with Crippen molar-refractivity contribution in [3.05, 3.63) is 29.8 Å². The molecule has 4 nitrogen and oxygen atoms in total. The minimum Gasteiger partial charge on any atom is -0.508 e. The fraction of sp³-hybridized carbons (Fsp3) is 0.462. The number of rotatable bonds is 6. The van der Waals surface area contributed by atoms with Crippen molar-refractivity contribution >= 4 is 5.91 Å². The number of nitrogens with one attached hydrogen (secondary N) is 1. The zero-order chi connectivity index (χ0) is 12.7. The van der Waals surface area contributed by atoms with E-state index in [-0.39, 0.29) is 24.3 Å². The van der Waals surface area contributed by atoms with Crippen molar-refractivity contribution < 1.29 is 15.0 Å². The van der Waals surface area contributed by atoms with Crippen LogP contribution in [0.15, 0.2) is 24.3 Å². The maximum atomic E-state index is 11.5. The highest BCUT2D eigenvalue weighted by atomic mass is 16.3. The minimum atomic E-state index is -0.122. The van der Waals surface area contributed by atoms with Gasteiger partial charge in [-0.15, -0.1) is 0 Å². The standard InChI is InChI=1S/C13H19NO3/c1-10(11-5-4-6-12(16)9-11)14-13(17)7-2-3-8-15/h4-6,9-10,15-16H,2-3,7-8H2,1H3,(H,14,17). The summed E-state index contributed by atoms with van der Waals surface area (Å²) in [5, 5.41) is 20.8. The van der Waals surface area contributed by atoms with E-state index in [9.17, 15) is 9.90 Å². The molecular formula is C13H19NO3. The molecule has 1 aromatic carbocycles. The third kappa shape index (κ3) is 4.87. The van der Waals surface area contributed by atoms with Crippen LogP contribution in [0.4, 0.5) is 0 Å². The van der Waals surface area contributed by atoms with Gasteiger partial charge in [-0.05, 0) is 37.5 Å². The summed E-state index contributed by atoms with van der Waals surface area (Å²) in [4.78, 5) is 11.5. The first-order valence-corrected chi connectivity index (χ1v) is 5.82. The lowest BCUT2D eigenvalue weighted by molar-refractivity contribution is -0.121. The van der Waals surface area contributed by atoms with E-state index in [1.165, 1.54) is 0 Å². The number of hydrogen-bond donors (Lipinski definition) is 3. The van der Waals surface area contributed by atoms with Crippen LogP contribution in [0.2, 0.25) is 0 Å². The van der Waals surface area contributed by atoms with Gasteiger partial charge in [-0.25, -0.2) is 0 Å². The van der Waals surface area contributed by atoms with E-state index in [1.54, 1.807) is 18.2 Å². The molecule has 1 aromatic rings. The molecule has 0 aromatic heterocycles. The SMILES string of the molecule is CC(NC(=O)CCCCO)c1cccc(O)c1. The van der Waals surface area contributed by atoms with Crippen LogP contribution in [0, 0.1) is 0 Å². The van der Waals surface area contributed by atoms with E-state index in [0.29, 0.717) is 19.3 Å². The lowest BCUT2D eigenvalue weighted by Gasteiger charge is -2.14. The molecule has 1 unspecified atom stereocenters. The highest BCUT2D eigenvalue weighted by molar-refractivity contribution is 5.76. The van der Waals surface area contributed by atoms with Gasteiger partial charge in [0.25, 0.3) is 0 Å². The Hall–Kier alpha value is -1.55. The number of carbonyl (C=O) groups is 1. The van der Waals surface area contributed by atoms with Crippen LogP contribution in [0.25, 0.3) is 0 Å². The molecule has 0 aliphatic carbocycles. The van der Waals surface area contributed by atoms with Crippen molar-refractivity contribution in [3.63, 3.8) is 0 Å². The summed E-state index contributed by atoms with van der Waals surface area (Å²) in [7, 11) is 0. The Bertz CT molecular complexity index is 365. The van der Waals surface area contributed by atoms with Crippen molar-refractivity contribution in [1.82, 2.24) is 5.32 Å². The quantitative estimate of drug-likeness (QED) is 0.660. The second-order valence-electron chi connectivity index (χ2n) is 4.06. The lowest BCUT2D eigenvalue weighted by Crippen LogP contribution is -2.26. The highest BCUT2D eigenvalue weighted by Gasteiger charge is 2.09. The number of unbranched alkanes of at least 4 members (excludes halogenated alkanes) is 1. The second-order valence-corrected chi connectivity index (χ2v) is 4.06. The van der Waals surface area contributed by atoms with Crippen LogP contribution in [0.1, 0.15) is 37.8 Å². The molecule has 0 heterocycles. The number of aliphatic hydroxyl groups excluding tert-OH is 1. The topological polar surface area (TPSA) is 69.6 Å². The molecule has 4 heteroatoms. The summed E-state index contributed by atoms with van der Waals surface area (Å²) in [5.41, 5.74) is 0.875. The van der Waals surface area contributed by atoms with Gasteiger partial charge < -0.3 is 15.5 Å². The Morgan fingerprint density at radius 1 is 1.41 bits per heavy atom. The number of carbonyl (C=O) groups excluding carboxylic acids is 1. The first-order valence-electron chi connectivity index (χ1n) is 5.82. The third-order valence-electron chi connectivity index (χ3n) is 2.56. The van der Waals surface area contributed by atoms with E-state index < -0.39 is 0 Å². The summed E-state index contributed by atoms with van der Waals surface area (Å²) in [5.74, 6) is 0.165. The van der Waals surface area contributed by atoms with Crippen molar-refractivity contribution in [3.8, 4) is 5.75 Å². The molecule has 0 saturated carbocycles. The number of amides is 1. The average Bonchev–Trinajstić information content (AvgIpc) is 2.29. The molecule has 3 N–H and O–H groups in total. The van der Waals surface area contributed by atoms with Gasteiger partial charge >= 0.3 is 0 Å². The lowest BCUT2D eigenvalue weighted by atomic mass is 10.1. The van der Waals surface area contributed by atoms with Crippen molar-refractivity contribution in [2.24, 2.45) is 0 Å². The van der Waals surface area contributed by atoms with Gasteiger partial charge in [-0.1, -0.05) is 12.1 Å². The number of benzene rings is 1. The molecular weight excluding hydrogens is 218 g/mol. The summed E-state index contributed by atoms with van der Waals surface area (Å²) in [6.07, 6.45) is 1.76. The van der Waals surface area contributed by atoms with Crippen LogP contribution >= 0.6 is 0 Å². The highest BCUT2D eigenvalue weighted by Crippen LogP contribution is 2.17. The number of phenols is 1. The third-order valence-corrected chi connectivity index (χ3v) is 2.56. The maximum Gasteiger partial charge on any atom is 0.220 e. The van der Waals surface area contributed by atoms with Gasteiger partial charge in [0.1, 0.15) is 5.75 Å². The fourth-order valence-corrected chi connectivity index (χ4v) is 1.59. The van der Waals surface area contributed by atoms with E-state index >= 15 is 0 Å². The van der Waals surface area contributed by atoms with Gasteiger partial charge in [-0.2, -0.15) is 0 Å². The fourth-order valence-electron chi connectivity index (χ4n) is 1.59. The number of hydrogen-bond acceptors (Lipinski definition) is 3. The van der Waals surface area contributed by atoms with Crippen LogP contribution < -0.4 is 5.32 Å². The molecule has 0 spiro atoms. The van der Waals surface area contributed by atoms with Gasteiger partial charge in [-0.3, -0.25) is 4.79 Å². The molecule has 1 amide bonds. The van der Waals surface area contributed by atoms with E-state index in [2.05, 4.69) is 5.32 Å². The van der Waals surface area contributed by atoms with Gasteiger partial charge in [0.05, 0.1) is 6.04 Å². The monoisotopic (exact) mass is 237 g/mol. The molecule has 0 fully saturated rings. The predicted octanol–water partition coefficient (Wildman–Crippen LogP) is 1.73. The minimum absolute atomic E-state index is 0.0331. The molecule has 94 valence electrons. The van der Waals surface area contributed by atoms with Crippen LogP contribution in [-0.2, 0) is 4.79 Å². The van der Waals surface area contributed by atoms with Crippen molar-refractivity contribution in [2.75, 3.05) is 6.61 Å². The summed E-state index contributed by atoms with van der Waals surface area (Å²) >= 11 is 0. The van der Waals surface area contributed by atoms with E-state index in [4.69, 9.17) is 5.11 Å². The smallest absolute Gasteiger partial charge is 0.220 e. The van der Waals surface area contributed by atoms with Gasteiger partial charge in [0.15, 0.2) is 0 Å². The van der Waals surface area contributed by atoms with Gasteiger partial charge in [0.2, 0.25) is 5.91 Å². The Balaban J connectivity index is 2.43. The van der Waals surface area contributed by atoms with E-state index in [1.807, 2.05) is 13.0 Å². The van der Waals surface area contributed by atoms with Crippen molar-refractivity contribution in [2.45, 2.75) is 32.2 Å². The largest absolute Gasteiger partial charge is 0.508 e. The Morgan fingerprint density at radius 2 is 2.18 bits per heavy atom. The Kier molecular flexibility index (Phi) is 5.49. The first kappa shape index (κ1) is 13.5. The van der Waals surface area contributed by atoms with Crippen LogP contribution in [0.3, 0.4) is 0 Å². The zero-order valence-electron chi connectivity index (χ0n) is 10.0. The predicted molar refractivity (Wildman–Crippen MR) is 65.6 cm³/mol. The normalized spacial score (nSPS) is 12.1. The summed E-state index contributed by atoms with van der Waals surface area (Å²) in [6.45, 7) is 1.99. The number of phenolic OH excluding ortho intramolecular Hbond substituents is 1. The van der Waals surface area contributed by atoms with Crippen molar-refractivity contribution in [1.29, 1.82) is 0 Å². The van der Waals surface area contributed by atoms with Gasteiger partial charge in [0, 0.05) is 13.0 Å². The molecule has 0 saturated heterocycles.